The van der Waals surface area contributed by atoms with Crippen LogP contribution in [0.25, 0.3) is 0 Å². The van der Waals surface area contributed by atoms with Crippen molar-refractivity contribution in [3.63, 3.8) is 0 Å². The molecule has 3 nitrogen and oxygen atoms in total. The summed E-state index contributed by atoms with van der Waals surface area (Å²) < 4.78 is 0. The van der Waals surface area contributed by atoms with Crippen molar-refractivity contribution in [2.24, 2.45) is 5.92 Å². The van der Waals surface area contributed by atoms with E-state index < -0.39 is 0 Å². The Morgan fingerprint density at radius 1 is 1.40 bits per heavy atom. The standard InChI is InChI=1S/C12H15N3/c13-7-12-6-11(8-15-9-12)5-10-1-3-14-4-2-10/h6,8-10,14H,1-5H2. The molecule has 0 bridgehead atoms. The molecule has 1 saturated heterocycles. The smallest absolute Gasteiger partial charge is 0.101 e. The van der Waals surface area contributed by atoms with Gasteiger partial charge < -0.3 is 5.32 Å². The average Bonchev–Trinajstić information content (AvgIpc) is 2.31. The summed E-state index contributed by atoms with van der Waals surface area (Å²) in [6.45, 7) is 2.24. The first-order chi connectivity index (χ1) is 7.38. The molecule has 0 aromatic carbocycles. The second-order valence-corrected chi connectivity index (χ2v) is 4.09. The summed E-state index contributed by atoms with van der Waals surface area (Å²) >= 11 is 0. The molecular formula is C12H15N3. The van der Waals surface area contributed by atoms with Crippen LogP contribution >= 0.6 is 0 Å². The van der Waals surface area contributed by atoms with Crippen LogP contribution in [0.3, 0.4) is 0 Å². The number of nitrogens with one attached hydrogen (secondary N) is 1. The highest BCUT2D eigenvalue weighted by Gasteiger charge is 2.13. The zero-order valence-corrected chi connectivity index (χ0v) is 8.74. The van der Waals surface area contributed by atoms with E-state index in [0.717, 1.165) is 25.4 Å². The lowest BCUT2D eigenvalue weighted by molar-refractivity contribution is 0.372. The highest BCUT2D eigenvalue weighted by Crippen LogP contribution is 2.17. The Bertz CT molecular complexity index is 361. The largest absolute Gasteiger partial charge is 0.317 e. The van der Waals surface area contributed by atoms with Gasteiger partial charge in [0.15, 0.2) is 0 Å². The minimum absolute atomic E-state index is 0.668. The summed E-state index contributed by atoms with van der Waals surface area (Å²) in [5, 5.41) is 12.1. The molecular weight excluding hydrogens is 186 g/mol. The second kappa shape index (κ2) is 4.90. The molecule has 0 unspecified atom stereocenters. The van der Waals surface area contributed by atoms with Gasteiger partial charge in [-0.05, 0) is 49.9 Å². The molecule has 0 spiro atoms. The fourth-order valence-electron chi connectivity index (χ4n) is 2.08. The maximum atomic E-state index is 8.77. The van der Waals surface area contributed by atoms with Crippen molar-refractivity contribution in [3.05, 3.63) is 29.6 Å². The predicted octanol–water partition coefficient (Wildman–Crippen LogP) is 1.50. The summed E-state index contributed by atoms with van der Waals surface area (Å²) in [4.78, 5) is 4.08. The highest BCUT2D eigenvalue weighted by atomic mass is 14.9. The van der Waals surface area contributed by atoms with E-state index in [4.69, 9.17) is 5.26 Å². The topological polar surface area (TPSA) is 48.7 Å². The van der Waals surface area contributed by atoms with E-state index in [2.05, 4.69) is 16.4 Å². The maximum absolute atomic E-state index is 8.77. The number of piperidine rings is 1. The minimum Gasteiger partial charge on any atom is -0.317 e. The van der Waals surface area contributed by atoms with Crippen molar-refractivity contribution in [3.8, 4) is 6.07 Å². The first kappa shape index (κ1) is 10.1. The summed E-state index contributed by atoms with van der Waals surface area (Å²) in [5.41, 5.74) is 1.86. The number of hydrogen-bond acceptors (Lipinski definition) is 3. The summed E-state index contributed by atoms with van der Waals surface area (Å²) in [6, 6.07) is 4.08. The first-order valence-corrected chi connectivity index (χ1v) is 5.43. The van der Waals surface area contributed by atoms with E-state index in [1.54, 1.807) is 6.20 Å². The van der Waals surface area contributed by atoms with Crippen LogP contribution in [0.5, 0.6) is 0 Å². The molecule has 78 valence electrons. The molecule has 0 aliphatic carbocycles. The molecule has 15 heavy (non-hydrogen) atoms. The molecule has 0 saturated carbocycles. The van der Waals surface area contributed by atoms with E-state index in [1.807, 2.05) is 12.3 Å². The molecule has 1 aliphatic heterocycles. The van der Waals surface area contributed by atoms with E-state index in [1.165, 1.54) is 18.4 Å². The van der Waals surface area contributed by atoms with Gasteiger partial charge in [-0.1, -0.05) is 0 Å². The number of rotatable bonds is 2. The lowest BCUT2D eigenvalue weighted by Crippen LogP contribution is -2.28. The molecule has 1 aromatic rings. The normalized spacial score (nSPS) is 17.3. The lowest BCUT2D eigenvalue weighted by Gasteiger charge is -2.22. The van der Waals surface area contributed by atoms with Gasteiger partial charge in [0.05, 0.1) is 5.56 Å². The third-order valence-electron chi connectivity index (χ3n) is 2.91. The van der Waals surface area contributed by atoms with Crippen molar-refractivity contribution in [2.75, 3.05) is 13.1 Å². The van der Waals surface area contributed by atoms with Gasteiger partial charge in [-0.25, -0.2) is 0 Å². The number of aromatic nitrogens is 1. The van der Waals surface area contributed by atoms with Crippen LogP contribution in [0.2, 0.25) is 0 Å². The first-order valence-electron chi connectivity index (χ1n) is 5.43. The maximum Gasteiger partial charge on any atom is 0.101 e. The molecule has 1 fully saturated rings. The van der Waals surface area contributed by atoms with Gasteiger partial charge in [-0.2, -0.15) is 5.26 Å². The lowest BCUT2D eigenvalue weighted by atomic mass is 9.91. The molecule has 0 atom stereocenters. The zero-order valence-electron chi connectivity index (χ0n) is 8.74. The Morgan fingerprint density at radius 3 is 2.93 bits per heavy atom. The van der Waals surface area contributed by atoms with E-state index >= 15 is 0 Å². The highest BCUT2D eigenvalue weighted by molar-refractivity contribution is 5.29. The third-order valence-corrected chi connectivity index (χ3v) is 2.91. The van der Waals surface area contributed by atoms with E-state index in [9.17, 15) is 0 Å². The number of hydrogen-bond donors (Lipinski definition) is 1. The fourth-order valence-corrected chi connectivity index (χ4v) is 2.08. The van der Waals surface area contributed by atoms with Gasteiger partial charge in [-0.15, -0.1) is 0 Å². The summed E-state index contributed by atoms with van der Waals surface area (Å²) in [5.74, 6) is 0.752. The van der Waals surface area contributed by atoms with Crippen LogP contribution in [0, 0.1) is 17.2 Å². The number of nitriles is 1. The van der Waals surface area contributed by atoms with Crippen molar-refractivity contribution < 1.29 is 0 Å². The molecule has 2 heterocycles. The van der Waals surface area contributed by atoms with Crippen molar-refractivity contribution in [1.82, 2.24) is 10.3 Å². The van der Waals surface area contributed by atoms with Gasteiger partial charge in [0, 0.05) is 12.4 Å². The van der Waals surface area contributed by atoms with Crippen LogP contribution in [0.1, 0.15) is 24.0 Å². The van der Waals surface area contributed by atoms with Gasteiger partial charge in [0.25, 0.3) is 0 Å². The van der Waals surface area contributed by atoms with Crippen LogP contribution in [0.15, 0.2) is 18.5 Å². The van der Waals surface area contributed by atoms with Gasteiger partial charge >= 0.3 is 0 Å². The Morgan fingerprint density at radius 2 is 2.20 bits per heavy atom. The Kier molecular flexibility index (Phi) is 3.31. The minimum atomic E-state index is 0.668. The number of pyridine rings is 1. The Labute approximate surface area is 90.1 Å². The SMILES string of the molecule is N#Cc1cncc(CC2CCNCC2)c1. The fraction of sp³-hybridized carbons (Fsp3) is 0.500. The quantitative estimate of drug-likeness (QED) is 0.788. The van der Waals surface area contributed by atoms with E-state index in [-0.39, 0.29) is 0 Å². The van der Waals surface area contributed by atoms with Crippen LogP contribution < -0.4 is 5.32 Å². The molecule has 3 heteroatoms. The molecule has 2 rings (SSSR count). The average molecular weight is 201 g/mol. The van der Waals surface area contributed by atoms with Crippen LogP contribution in [-0.2, 0) is 6.42 Å². The molecule has 1 aromatic heterocycles. The Balaban J connectivity index is 2.00. The number of nitrogens with zero attached hydrogens (tertiary/aromatic N) is 2. The molecule has 0 radical (unpaired) electrons. The van der Waals surface area contributed by atoms with Crippen molar-refractivity contribution >= 4 is 0 Å². The monoisotopic (exact) mass is 201 g/mol. The Hall–Kier alpha value is -1.40. The van der Waals surface area contributed by atoms with E-state index in [0.29, 0.717) is 5.56 Å². The third kappa shape index (κ3) is 2.77. The zero-order chi connectivity index (χ0) is 10.5. The summed E-state index contributed by atoms with van der Waals surface area (Å²) in [6.07, 6.45) is 7.02. The second-order valence-electron chi connectivity index (χ2n) is 4.09. The molecule has 1 N–H and O–H groups in total. The van der Waals surface area contributed by atoms with Gasteiger partial charge in [-0.3, -0.25) is 4.98 Å². The van der Waals surface area contributed by atoms with Crippen LogP contribution in [-0.4, -0.2) is 18.1 Å². The van der Waals surface area contributed by atoms with Gasteiger partial charge in [0.2, 0.25) is 0 Å². The van der Waals surface area contributed by atoms with Gasteiger partial charge in [0.1, 0.15) is 6.07 Å². The van der Waals surface area contributed by atoms with Crippen molar-refractivity contribution in [1.29, 1.82) is 5.26 Å². The molecule has 0 amide bonds. The van der Waals surface area contributed by atoms with Crippen LogP contribution in [0.4, 0.5) is 0 Å². The predicted molar refractivity (Wildman–Crippen MR) is 58.2 cm³/mol. The van der Waals surface area contributed by atoms with Crippen molar-refractivity contribution in [2.45, 2.75) is 19.3 Å². The summed E-state index contributed by atoms with van der Waals surface area (Å²) in [7, 11) is 0. The molecule has 1 aliphatic rings.